The smallest absolute Gasteiger partial charge is 0.165 e. The van der Waals surface area contributed by atoms with Crippen LogP contribution >= 0.6 is 0 Å². The number of hydrogen-bond donors (Lipinski definition) is 4. The van der Waals surface area contributed by atoms with Gasteiger partial charge in [0.1, 0.15) is 23.3 Å². The maximum absolute atomic E-state index is 9.65. The number of phenols is 2. The number of phenolic OH excluding ortho intramolecular Hbond substituents is 2. The Morgan fingerprint density at radius 1 is 1.20 bits per heavy atom. The highest BCUT2D eigenvalue weighted by Gasteiger charge is 2.06. The third kappa shape index (κ3) is 4.01. The van der Waals surface area contributed by atoms with Gasteiger partial charge in [0.25, 0.3) is 0 Å². The Kier molecular flexibility index (Phi) is 5.05. The largest absolute Gasteiger partial charge is 0.508 e. The fraction of sp³-hybridized carbons (Fsp3) is 0.250. The van der Waals surface area contributed by atoms with Gasteiger partial charge in [-0.1, -0.05) is 0 Å². The molecule has 0 bridgehead atoms. The highest BCUT2D eigenvalue weighted by molar-refractivity contribution is 5.83. The lowest BCUT2D eigenvalue weighted by Crippen LogP contribution is -2.22. The Labute approximate surface area is 143 Å². The molecule has 0 aliphatic carbocycles. The van der Waals surface area contributed by atoms with Gasteiger partial charge in [-0.15, -0.1) is 0 Å². The molecule has 0 fully saturated rings. The molecule has 3 aromatic rings. The molecule has 0 unspecified atom stereocenters. The molecule has 1 aromatic carbocycles. The second-order valence-corrected chi connectivity index (χ2v) is 5.40. The molecule has 5 N–H and O–H groups in total. The fourth-order valence-electron chi connectivity index (χ4n) is 2.33. The summed E-state index contributed by atoms with van der Waals surface area (Å²) in [6.45, 7) is 2.70. The van der Waals surface area contributed by atoms with Crippen LogP contribution in [0.15, 0.2) is 35.8 Å². The average Bonchev–Trinajstić information content (AvgIpc) is 3.00. The van der Waals surface area contributed by atoms with E-state index in [1.807, 2.05) is 4.57 Å². The third-order valence-corrected chi connectivity index (χ3v) is 3.62. The van der Waals surface area contributed by atoms with Gasteiger partial charge in [-0.05, 0) is 12.1 Å². The number of nitrogen functional groups attached to an aromatic ring is 1. The van der Waals surface area contributed by atoms with Crippen molar-refractivity contribution >= 4 is 23.2 Å². The first-order valence-electron chi connectivity index (χ1n) is 7.79. The summed E-state index contributed by atoms with van der Waals surface area (Å²) in [5, 5.41) is 22.2. The van der Waals surface area contributed by atoms with Crippen LogP contribution in [0.2, 0.25) is 0 Å². The van der Waals surface area contributed by atoms with Crippen LogP contribution < -0.4 is 11.1 Å². The van der Waals surface area contributed by atoms with Gasteiger partial charge in [0, 0.05) is 37.5 Å². The number of nitrogens with zero attached hydrogens (tertiary/aromatic N) is 5. The summed E-state index contributed by atoms with van der Waals surface area (Å²) in [6, 6.07) is 4.40. The molecule has 0 aliphatic heterocycles. The second kappa shape index (κ2) is 7.58. The van der Waals surface area contributed by atoms with E-state index in [1.54, 1.807) is 18.6 Å². The minimum absolute atomic E-state index is 0.00459. The number of hydrogen-bond acceptors (Lipinski definition) is 8. The molecular weight excluding hydrogens is 322 g/mol. The van der Waals surface area contributed by atoms with Gasteiger partial charge in [-0.2, -0.15) is 0 Å². The molecule has 130 valence electrons. The van der Waals surface area contributed by atoms with E-state index in [0.29, 0.717) is 36.5 Å². The van der Waals surface area contributed by atoms with Crippen molar-refractivity contribution in [2.75, 3.05) is 25.4 Å². The molecule has 0 saturated heterocycles. The molecule has 0 atom stereocenters. The zero-order valence-electron chi connectivity index (χ0n) is 13.5. The zero-order chi connectivity index (χ0) is 17.6. The van der Waals surface area contributed by atoms with Crippen molar-refractivity contribution in [3.05, 3.63) is 36.4 Å². The van der Waals surface area contributed by atoms with Crippen LogP contribution in [0, 0.1) is 0 Å². The van der Waals surface area contributed by atoms with Crippen LogP contribution in [-0.2, 0) is 6.54 Å². The molecule has 0 spiro atoms. The van der Waals surface area contributed by atoms with E-state index in [0.717, 1.165) is 12.2 Å². The standard InChI is InChI=1S/C16H19N7O2/c17-15-14-16(21-9-20-15)23(10-22-14)6-5-18-3-4-19-8-11-1-2-12(24)7-13(11)25/h1-2,7-10,18,24-25H,3-6H2,(H2,17,20,21). The molecule has 0 saturated carbocycles. The van der Waals surface area contributed by atoms with Gasteiger partial charge in [0.2, 0.25) is 0 Å². The van der Waals surface area contributed by atoms with Gasteiger partial charge in [0.15, 0.2) is 11.5 Å². The summed E-state index contributed by atoms with van der Waals surface area (Å²) < 4.78 is 1.91. The molecule has 0 amide bonds. The SMILES string of the molecule is Nc1ncnc2c1ncn2CCNCCN=Cc1ccc(O)cc1O. The van der Waals surface area contributed by atoms with Crippen LogP contribution in [0.4, 0.5) is 5.82 Å². The van der Waals surface area contributed by atoms with Crippen molar-refractivity contribution in [3.63, 3.8) is 0 Å². The molecule has 3 rings (SSSR count). The van der Waals surface area contributed by atoms with Gasteiger partial charge < -0.3 is 25.8 Å². The lowest BCUT2D eigenvalue weighted by molar-refractivity contribution is 0.450. The maximum atomic E-state index is 9.65. The number of benzene rings is 1. The van der Waals surface area contributed by atoms with Crippen molar-refractivity contribution in [2.24, 2.45) is 4.99 Å². The van der Waals surface area contributed by atoms with Crippen molar-refractivity contribution in [2.45, 2.75) is 6.54 Å². The van der Waals surface area contributed by atoms with Crippen molar-refractivity contribution in [1.82, 2.24) is 24.8 Å². The summed E-state index contributed by atoms with van der Waals surface area (Å²) >= 11 is 0. The normalized spacial score (nSPS) is 11.5. The Hall–Kier alpha value is -3.20. The molecule has 9 nitrogen and oxygen atoms in total. The Morgan fingerprint density at radius 2 is 2.08 bits per heavy atom. The summed E-state index contributed by atoms with van der Waals surface area (Å²) in [4.78, 5) is 16.6. The van der Waals surface area contributed by atoms with Gasteiger partial charge in [-0.25, -0.2) is 15.0 Å². The van der Waals surface area contributed by atoms with E-state index in [4.69, 9.17) is 5.73 Å². The highest BCUT2D eigenvalue weighted by Crippen LogP contribution is 2.20. The van der Waals surface area contributed by atoms with E-state index in [9.17, 15) is 10.2 Å². The van der Waals surface area contributed by atoms with Gasteiger partial charge in [-0.3, -0.25) is 4.99 Å². The van der Waals surface area contributed by atoms with Crippen molar-refractivity contribution < 1.29 is 10.2 Å². The second-order valence-electron chi connectivity index (χ2n) is 5.40. The first kappa shape index (κ1) is 16.7. The van der Waals surface area contributed by atoms with Gasteiger partial charge >= 0.3 is 0 Å². The summed E-state index contributed by atoms with van der Waals surface area (Å²) in [5.41, 5.74) is 7.65. The van der Waals surface area contributed by atoms with Crippen molar-refractivity contribution in [1.29, 1.82) is 0 Å². The maximum Gasteiger partial charge on any atom is 0.165 e. The van der Waals surface area contributed by atoms with Crippen LogP contribution in [0.5, 0.6) is 11.5 Å². The summed E-state index contributed by atoms with van der Waals surface area (Å²) in [5.74, 6) is 0.406. The average molecular weight is 341 g/mol. The number of aromatic nitrogens is 4. The van der Waals surface area contributed by atoms with Crippen LogP contribution in [-0.4, -0.2) is 55.6 Å². The number of fused-ring (bicyclic) bond motifs is 1. The molecule has 0 radical (unpaired) electrons. The number of aliphatic imine (C=N–C) groups is 1. The zero-order valence-corrected chi connectivity index (χ0v) is 13.5. The predicted molar refractivity (Wildman–Crippen MR) is 94.8 cm³/mol. The van der Waals surface area contributed by atoms with Crippen molar-refractivity contribution in [3.8, 4) is 11.5 Å². The molecule has 0 aliphatic rings. The summed E-state index contributed by atoms with van der Waals surface area (Å²) in [6.07, 6.45) is 4.71. The molecule has 2 heterocycles. The van der Waals surface area contributed by atoms with E-state index in [-0.39, 0.29) is 11.5 Å². The lowest BCUT2D eigenvalue weighted by Gasteiger charge is -2.05. The minimum Gasteiger partial charge on any atom is -0.508 e. The van der Waals surface area contributed by atoms with E-state index < -0.39 is 0 Å². The molecule has 9 heteroatoms. The van der Waals surface area contributed by atoms with E-state index in [1.165, 1.54) is 18.5 Å². The Balaban J connectivity index is 1.43. The fourth-order valence-corrected chi connectivity index (χ4v) is 2.33. The van der Waals surface area contributed by atoms with E-state index in [2.05, 4.69) is 25.3 Å². The number of aromatic hydroxyl groups is 2. The minimum atomic E-state index is 0.00459. The third-order valence-electron chi connectivity index (χ3n) is 3.62. The Morgan fingerprint density at radius 3 is 2.92 bits per heavy atom. The molecule has 25 heavy (non-hydrogen) atoms. The number of rotatable bonds is 7. The van der Waals surface area contributed by atoms with Crippen LogP contribution in [0.3, 0.4) is 0 Å². The first-order chi connectivity index (χ1) is 12.1. The Bertz CT molecular complexity index is 891. The van der Waals surface area contributed by atoms with Crippen LogP contribution in [0.25, 0.3) is 11.2 Å². The highest BCUT2D eigenvalue weighted by atomic mass is 16.3. The predicted octanol–water partition coefficient (Wildman–Crippen LogP) is 0.528. The monoisotopic (exact) mass is 341 g/mol. The number of nitrogens with two attached hydrogens (primary N) is 1. The number of anilines is 1. The number of imidazole rings is 1. The first-order valence-corrected chi connectivity index (χ1v) is 7.79. The molecule has 2 aromatic heterocycles. The quantitative estimate of drug-likeness (QED) is 0.364. The van der Waals surface area contributed by atoms with E-state index >= 15 is 0 Å². The van der Waals surface area contributed by atoms with Crippen LogP contribution in [0.1, 0.15) is 5.56 Å². The molecular formula is C16H19N7O2. The lowest BCUT2D eigenvalue weighted by atomic mass is 10.2. The topological polar surface area (TPSA) is 134 Å². The number of nitrogens with one attached hydrogen (secondary N) is 1. The van der Waals surface area contributed by atoms with Gasteiger partial charge in [0.05, 0.1) is 12.9 Å². The summed E-state index contributed by atoms with van der Waals surface area (Å²) in [7, 11) is 0.